The second kappa shape index (κ2) is 9.42. The van der Waals surface area contributed by atoms with Gasteiger partial charge in [-0.15, -0.1) is 0 Å². The van der Waals surface area contributed by atoms with Gasteiger partial charge in [-0.1, -0.05) is 84.9 Å². The summed E-state index contributed by atoms with van der Waals surface area (Å²) in [6.45, 7) is 0. The molecule has 0 saturated carbocycles. The van der Waals surface area contributed by atoms with Crippen molar-refractivity contribution in [1.29, 1.82) is 0 Å². The minimum Gasteiger partial charge on any atom is -0.233 e. The van der Waals surface area contributed by atoms with Crippen LogP contribution in [-0.2, 0) is 10.0 Å². The highest BCUT2D eigenvalue weighted by atomic mass is 32.2. The summed E-state index contributed by atoms with van der Waals surface area (Å²) in [5, 5.41) is 0. The van der Waals surface area contributed by atoms with Crippen LogP contribution in [0.25, 0.3) is 0 Å². The fourth-order valence-electron chi connectivity index (χ4n) is 1.93. The number of nitrogens with zero attached hydrogens (tertiary/aromatic N) is 1. The Morgan fingerprint density at radius 1 is 0.560 bits per heavy atom. The van der Waals surface area contributed by atoms with Crippen molar-refractivity contribution in [2.45, 2.75) is 4.90 Å². The van der Waals surface area contributed by atoms with Crippen molar-refractivity contribution in [3.63, 3.8) is 0 Å². The zero-order chi connectivity index (χ0) is 18.0. The van der Waals surface area contributed by atoms with Crippen molar-refractivity contribution in [3.05, 3.63) is 109 Å². The Bertz CT molecular complexity index is 862. The number of hydrazine groups is 1. The van der Waals surface area contributed by atoms with Crippen LogP contribution in [0.15, 0.2) is 114 Å². The largest absolute Gasteiger partial charge is 0.277 e. The summed E-state index contributed by atoms with van der Waals surface area (Å²) >= 11 is 0. The molecule has 0 aliphatic carbocycles. The maximum Gasteiger partial charge on any atom is 0.277 e. The summed E-state index contributed by atoms with van der Waals surface area (Å²) in [6, 6.07) is 31.2. The molecule has 0 heterocycles. The van der Waals surface area contributed by atoms with E-state index >= 15 is 0 Å². The topological polar surface area (TPSA) is 63.4 Å². The Kier molecular flexibility index (Phi) is 6.95. The van der Waals surface area contributed by atoms with E-state index < -0.39 is 10.0 Å². The Morgan fingerprint density at radius 2 is 0.880 bits per heavy atom. The van der Waals surface area contributed by atoms with E-state index in [1.165, 1.54) is 12.1 Å². The van der Waals surface area contributed by atoms with Crippen LogP contribution in [0.3, 0.4) is 0 Å². The lowest BCUT2D eigenvalue weighted by Gasteiger charge is -2.17. The molecule has 0 radical (unpaired) electrons. The minimum atomic E-state index is -3.90. The van der Waals surface area contributed by atoms with Crippen LogP contribution in [0.1, 0.15) is 0 Å². The molecule has 2 N–H and O–H groups in total. The second-order valence-corrected chi connectivity index (χ2v) is 6.80. The first-order chi connectivity index (χ1) is 12.1. The van der Waals surface area contributed by atoms with E-state index in [9.17, 15) is 8.42 Å². The van der Waals surface area contributed by atoms with Crippen molar-refractivity contribution >= 4 is 15.7 Å². The van der Waals surface area contributed by atoms with E-state index in [0.717, 1.165) is 4.41 Å². The summed E-state index contributed by atoms with van der Waals surface area (Å²) < 4.78 is 26.5. The molecule has 0 amide bonds. The summed E-state index contributed by atoms with van der Waals surface area (Å²) in [5.41, 5.74) is 0.349. The summed E-state index contributed by atoms with van der Waals surface area (Å²) in [4.78, 5) is 0.0945. The van der Waals surface area contributed by atoms with Gasteiger partial charge in [0.15, 0.2) is 0 Å². The summed E-state index contributed by atoms with van der Waals surface area (Å²) in [7, 11) is -3.90. The molecule has 4 nitrogen and oxygen atoms in total. The van der Waals surface area contributed by atoms with E-state index in [1.54, 1.807) is 60.7 Å². The molecule has 2 aromatic rings. The Hall–Kier alpha value is -2.89. The number of anilines is 1. The second-order valence-electron chi connectivity index (χ2n) is 4.99. The van der Waals surface area contributed by atoms with Gasteiger partial charge in [0.2, 0.25) is 0 Å². The fraction of sp³-hybridized carbons (Fsp3) is 0. The van der Waals surface area contributed by atoms with Crippen molar-refractivity contribution in [2.75, 3.05) is 4.41 Å². The zero-order valence-electron chi connectivity index (χ0n) is 13.6. The average Bonchev–Trinajstić information content (AvgIpc) is 2.63. The van der Waals surface area contributed by atoms with Crippen LogP contribution in [-0.4, -0.2) is 8.42 Å². The summed E-state index contributed by atoms with van der Waals surface area (Å²) in [6.07, 6.45) is 0. The predicted molar refractivity (Wildman–Crippen MR) is 102 cm³/mol. The number of hydrogen-bond donors (Lipinski definition) is 1. The molecule has 0 spiro atoms. The normalized spacial score (nSPS) is 10.1. The van der Waals surface area contributed by atoms with Gasteiger partial charge in [0, 0.05) is 0 Å². The molecule has 0 aliphatic heterocycles. The monoisotopic (exact) mass is 352 g/mol. The Morgan fingerprint density at radius 3 is 1.28 bits per heavy atom. The first kappa shape index (κ1) is 18.4. The van der Waals surface area contributed by atoms with Gasteiger partial charge in [-0.05, 0) is 24.3 Å². The molecule has 0 fully saturated rings. The number of rotatable bonds is 3. The Labute approximate surface area is 148 Å². The molecule has 0 unspecified atom stereocenters. The molecule has 0 aromatic heterocycles. The average molecular weight is 352 g/mol. The zero-order valence-corrected chi connectivity index (χ0v) is 14.5. The van der Waals surface area contributed by atoms with Crippen molar-refractivity contribution in [1.82, 2.24) is 0 Å². The van der Waals surface area contributed by atoms with E-state index in [2.05, 4.69) is 0 Å². The van der Waals surface area contributed by atoms with Crippen LogP contribution >= 0.6 is 0 Å². The maximum atomic E-state index is 12.9. The lowest BCUT2D eigenvalue weighted by molar-refractivity contribution is 0.592. The molecule has 2 rings (SSSR count). The van der Waals surface area contributed by atoms with Gasteiger partial charge in [0.25, 0.3) is 10.0 Å². The van der Waals surface area contributed by atoms with Gasteiger partial charge in [-0.3, -0.25) is 0 Å². The molecular formula is C20H20N2O2S. The Balaban J connectivity index is 2.53. The molecule has 0 saturated heterocycles. The third-order valence-corrected chi connectivity index (χ3v) is 4.80. The minimum absolute atomic E-state index is 0.0945. The van der Waals surface area contributed by atoms with Crippen LogP contribution < -0.4 is 10.3 Å². The van der Waals surface area contributed by atoms with Gasteiger partial charge in [-0.25, -0.2) is 10.3 Å². The predicted octanol–water partition coefficient (Wildman–Crippen LogP) is 4.00. The van der Waals surface area contributed by atoms with E-state index in [-0.39, 0.29) is 4.90 Å². The van der Waals surface area contributed by atoms with Gasteiger partial charge < -0.3 is 0 Å². The lowest BCUT2D eigenvalue weighted by Crippen LogP contribution is -2.37. The first-order valence-corrected chi connectivity index (χ1v) is 9.13. The quantitative estimate of drug-likeness (QED) is 0.671. The third kappa shape index (κ3) is 5.60. The molecule has 0 bridgehead atoms. The highest BCUT2D eigenvalue weighted by molar-refractivity contribution is 7.92. The number of hydrogen-bond acceptors (Lipinski definition) is 3. The van der Waals surface area contributed by atoms with Crippen molar-refractivity contribution in [3.8, 4) is 0 Å². The molecular weight excluding hydrogens is 332 g/mol. The molecule has 5 heteroatoms. The van der Waals surface area contributed by atoms with Gasteiger partial charge in [0.05, 0.1) is 10.6 Å². The third-order valence-electron chi connectivity index (χ3n) is 3.20. The molecule has 128 valence electrons. The first-order valence-electron chi connectivity index (χ1n) is 7.69. The van der Waals surface area contributed by atoms with Gasteiger partial charge in [-0.2, -0.15) is 8.42 Å². The van der Waals surface area contributed by atoms with Crippen LogP contribution in [0, 0.1) is 0 Å². The number of nitrogens with two attached hydrogens (primary N) is 1. The van der Waals surface area contributed by atoms with Crippen LogP contribution in [0.2, 0.25) is 0 Å². The van der Waals surface area contributed by atoms with E-state index in [1.807, 2.05) is 36.4 Å². The molecule has 25 heavy (non-hydrogen) atoms. The highest BCUT2D eigenvalue weighted by Gasteiger charge is 2.20. The van der Waals surface area contributed by atoms with Gasteiger partial charge in [0.1, 0.15) is 0 Å². The maximum absolute atomic E-state index is 12.9. The summed E-state index contributed by atoms with van der Waals surface area (Å²) in [5.74, 6) is 5.95. The van der Waals surface area contributed by atoms with Crippen LogP contribution in [0.4, 0.5) is 5.69 Å². The van der Waals surface area contributed by atoms with Crippen molar-refractivity contribution in [2.24, 2.45) is 5.84 Å². The van der Waals surface area contributed by atoms with Crippen LogP contribution in [0.5, 0.6) is 0 Å². The van der Waals surface area contributed by atoms with Gasteiger partial charge >= 0.3 is 0 Å². The SMILES string of the molecule is NN(c1ccccccccc1)S(=O)(=O)c1ccccccccc1. The standard InChI is InChI=1S/C20H20N2O2S/c21-22(19-15-11-7-3-1-4-8-12-16-19)25(23,24)20-17-13-9-5-2-6-10-14-18-20/h1-18H,21H2. The highest BCUT2D eigenvalue weighted by Crippen LogP contribution is 2.18. The fourth-order valence-corrected chi connectivity index (χ4v) is 3.06. The lowest BCUT2D eigenvalue weighted by atomic mass is 10.3. The molecule has 0 atom stereocenters. The van der Waals surface area contributed by atoms with Crippen molar-refractivity contribution < 1.29 is 8.42 Å². The van der Waals surface area contributed by atoms with E-state index in [4.69, 9.17) is 5.84 Å². The molecule has 2 aromatic carbocycles. The number of sulfonamides is 1. The molecule has 0 aliphatic rings. The van der Waals surface area contributed by atoms with E-state index in [0.29, 0.717) is 5.69 Å². The smallest absolute Gasteiger partial charge is 0.233 e.